The Bertz CT molecular complexity index is 1150. The molecule has 170 valence electrons. The van der Waals surface area contributed by atoms with E-state index in [0.717, 1.165) is 48.7 Å². The van der Waals surface area contributed by atoms with Crippen LogP contribution in [0.15, 0.2) is 59.7 Å². The van der Waals surface area contributed by atoms with E-state index in [-0.39, 0.29) is 12.5 Å². The summed E-state index contributed by atoms with van der Waals surface area (Å²) in [4.78, 5) is 15.0. The molecule has 0 bridgehead atoms. The molecule has 0 aliphatic carbocycles. The molecule has 0 unspecified atom stereocenters. The molecule has 8 nitrogen and oxygen atoms in total. The number of benzene rings is 2. The number of nitrogens with one attached hydrogen (secondary N) is 1. The lowest BCUT2D eigenvalue weighted by atomic mass is 10.1. The zero-order valence-electron chi connectivity index (χ0n) is 18.6. The number of carbonyl (C=O) groups excluding carboxylic acids is 1. The molecule has 33 heavy (non-hydrogen) atoms. The van der Waals surface area contributed by atoms with Crippen LogP contribution in [0, 0.1) is 6.92 Å². The Morgan fingerprint density at radius 3 is 2.58 bits per heavy atom. The lowest BCUT2D eigenvalue weighted by molar-refractivity contribution is -0.130. The van der Waals surface area contributed by atoms with Gasteiger partial charge in [-0.25, -0.2) is 10.1 Å². The van der Waals surface area contributed by atoms with E-state index in [2.05, 4.69) is 15.4 Å². The Morgan fingerprint density at radius 1 is 1.06 bits per heavy atom. The fraction of sp³-hybridized carbons (Fsp3) is 0.320. The summed E-state index contributed by atoms with van der Waals surface area (Å²) in [5.74, 6) is 1.84. The molecule has 5 rings (SSSR count). The average Bonchev–Trinajstić information content (AvgIpc) is 3.20. The lowest BCUT2D eigenvalue weighted by Crippen LogP contribution is -2.42. The van der Waals surface area contributed by atoms with Crippen LogP contribution >= 0.6 is 0 Å². The standard InChI is InChI=1S/C25H27N5O3/c1-18-20(16-26-27-24(31)23-17-32-21-12-6-7-13-22(21)33-23)25(29-14-8-3-9-15-29)30(28-18)19-10-4-2-5-11-19/h2,4-7,10-13,16,23H,3,8-9,14-15,17H2,1H3,(H,27,31)/b26-16-/t23-/m0/s1. The number of hydrazone groups is 1. The third-order valence-corrected chi connectivity index (χ3v) is 5.91. The first kappa shape index (κ1) is 21.1. The van der Waals surface area contributed by atoms with Gasteiger partial charge in [0, 0.05) is 13.1 Å². The fourth-order valence-electron chi connectivity index (χ4n) is 4.22. The third-order valence-electron chi connectivity index (χ3n) is 5.91. The predicted octanol–water partition coefficient (Wildman–Crippen LogP) is 3.46. The van der Waals surface area contributed by atoms with Gasteiger partial charge in [-0.15, -0.1) is 0 Å². The second kappa shape index (κ2) is 9.36. The summed E-state index contributed by atoms with van der Waals surface area (Å²) in [6.45, 7) is 4.04. The number of aromatic nitrogens is 2. The molecule has 2 aliphatic rings. The Hall–Kier alpha value is -3.81. The highest BCUT2D eigenvalue weighted by Crippen LogP contribution is 2.31. The van der Waals surface area contributed by atoms with Crippen molar-refractivity contribution in [2.24, 2.45) is 5.10 Å². The number of para-hydroxylation sites is 3. The van der Waals surface area contributed by atoms with Gasteiger partial charge in [-0.1, -0.05) is 30.3 Å². The number of amides is 1. The van der Waals surface area contributed by atoms with Crippen LogP contribution in [0.3, 0.4) is 0 Å². The first-order chi connectivity index (χ1) is 16.2. The summed E-state index contributed by atoms with van der Waals surface area (Å²) < 4.78 is 13.4. The monoisotopic (exact) mass is 445 g/mol. The van der Waals surface area contributed by atoms with Crippen molar-refractivity contribution >= 4 is 17.9 Å². The summed E-state index contributed by atoms with van der Waals surface area (Å²) in [5, 5.41) is 9.05. The van der Waals surface area contributed by atoms with Crippen molar-refractivity contribution in [3.05, 3.63) is 65.9 Å². The van der Waals surface area contributed by atoms with Gasteiger partial charge < -0.3 is 14.4 Å². The molecular formula is C25H27N5O3. The summed E-state index contributed by atoms with van der Waals surface area (Å²) in [6.07, 6.45) is 4.45. The Morgan fingerprint density at radius 2 is 1.79 bits per heavy atom. The van der Waals surface area contributed by atoms with Gasteiger partial charge in [-0.3, -0.25) is 4.79 Å². The van der Waals surface area contributed by atoms with Gasteiger partial charge in [0.15, 0.2) is 11.5 Å². The van der Waals surface area contributed by atoms with Crippen molar-refractivity contribution in [2.75, 3.05) is 24.6 Å². The van der Waals surface area contributed by atoms with Crippen molar-refractivity contribution in [1.29, 1.82) is 0 Å². The number of rotatable bonds is 5. The smallest absolute Gasteiger partial charge is 0.284 e. The van der Waals surface area contributed by atoms with Gasteiger partial charge >= 0.3 is 0 Å². The van der Waals surface area contributed by atoms with Crippen molar-refractivity contribution in [3.8, 4) is 17.2 Å². The molecule has 8 heteroatoms. The van der Waals surface area contributed by atoms with E-state index >= 15 is 0 Å². The van der Waals surface area contributed by atoms with Crippen molar-refractivity contribution in [1.82, 2.24) is 15.2 Å². The molecule has 2 aliphatic heterocycles. The molecule has 1 atom stereocenters. The molecule has 2 aromatic carbocycles. The lowest BCUT2D eigenvalue weighted by Gasteiger charge is -2.29. The van der Waals surface area contributed by atoms with Gasteiger partial charge in [0.2, 0.25) is 6.10 Å². The molecule has 0 radical (unpaired) electrons. The van der Waals surface area contributed by atoms with E-state index in [0.29, 0.717) is 11.5 Å². The Labute approximate surface area is 192 Å². The molecular weight excluding hydrogens is 418 g/mol. The molecule has 1 fully saturated rings. The van der Waals surface area contributed by atoms with Crippen LogP contribution in [-0.2, 0) is 4.79 Å². The van der Waals surface area contributed by atoms with Crippen molar-refractivity contribution in [3.63, 3.8) is 0 Å². The number of hydrogen-bond donors (Lipinski definition) is 1. The van der Waals surface area contributed by atoms with Crippen LogP contribution in [0.4, 0.5) is 5.82 Å². The molecule has 1 amide bonds. The van der Waals surface area contributed by atoms with E-state index in [9.17, 15) is 4.79 Å². The second-order valence-corrected chi connectivity index (χ2v) is 8.22. The highest BCUT2D eigenvalue weighted by Gasteiger charge is 2.27. The van der Waals surface area contributed by atoms with Crippen LogP contribution in [-0.4, -0.2) is 47.7 Å². The van der Waals surface area contributed by atoms with Gasteiger partial charge in [-0.05, 0) is 50.5 Å². The summed E-state index contributed by atoms with van der Waals surface area (Å²) >= 11 is 0. The Kier molecular flexibility index (Phi) is 5.97. The second-order valence-electron chi connectivity index (χ2n) is 8.22. The number of aryl methyl sites for hydroxylation is 1. The highest BCUT2D eigenvalue weighted by atomic mass is 16.6. The number of fused-ring (bicyclic) bond motifs is 1. The quantitative estimate of drug-likeness (QED) is 0.481. The third kappa shape index (κ3) is 4.41. The SMILES string of the molecule is Cc1nn(-c2ccccc2)c(N2CCCCC2)c1/C=N\NC(=O)[C@@H]1COc2ccccc2O1. The number of anilines is 1. The molecule has 1 N–H and O–H groups in total. The van der Waals surface area contributed by atoms with E-state index in [4.69, 9.17) is 14.6 Å². The van der Waals surface area contributed by atoms with Crippen LogP contribution in [0.1, 0.15) is 30.5 Å². The van der Waals surface area contributed by atoms with Crippen LogP contribution in [0.5, 0.6) is 11.5 Å². The van der Waals surface area contributed by atoms with Gasteiger partial charge in [-0.2, -0.15) is 10.2 Å². The van der Waals surface area contributed by atoms with E-state index in [1.807, 2.05) is 60.1 Å². The zero-order valence-corrected chi connectivity index (χ0v) is 18.6. The largest absolute Gasteiger partial charge is 0.485 e. The number of ether oxygens (including phenoxy) is 2. The maximum atomic E-state index is 12.6. The number of nitrogens with zero attached hydrogens (tertiary/aromatic N) is 4. The van der Waals surface area contributed by atoms with E-state index in [1.165, 1.54) is 6.42 Å². The van der Waals surface area contributed by atoms with Crippen molar-refractivity contribution < 1.29 is 14.3 Å². The maximum absolute atomic E-state index is 12.6. The predicted molar refractivity (Wildman–Crippen MR) is 126 cm³/mol. The van der Waals surface area contributed by atoms with E-state index < -0.39 is 6.10 Å². The minimum atomic E-state index is -0.758. The normalized spacial score (nSPS) is 17.8. The number of piperidine rings is 1. The summed E-state index contributed by atoms with van der Waals surface area (Å²) in [7, 11) is 0. The van der Waals surface area contributed by atoms with Gasteiger partial charge in [0.25, 0.3) is 5.91 Å². The van der Waals surface area contributed by atoms with Gasteiger partial charge in [0.1, 0.15) is 12.4 Å². The average molecular weight is 446 g/mol. The molecule has 0 saturated carbocycles. The van der Waals surface area contributed by atoms with Crippen LogP contribution in [0.2, 0.25) is 0 Å². The highest BCUT2D eigenvalue weighted by molar-refractivity contribution is 5.90. The maximum Gasteiger partial charge on any atom is 0.284 e. The molecule has 1 saturated heterocycles. The number of carbonyl (C=O) groups is 1. The summed E-state index contributed by atoms with van der Waals surface area (Å²) in [6, 6.07) is 17.4. The van der Waals surface area contributed by atoms with Crippen LogP contribution < -0.4 is 19.8 Å². The topological polar surface area (TPSA) is 81.0 Å². The first-order valence-electron chi connectivity index (χ1n) is 11.3. The minimum Gasteiger partial charge on any atom is -0.485 e. The number of hydrogen-bond acceptors (Lipinski definition) is 6. The minimum absolute atomic E-state index is 0.141. The molecule has 3 heterocycles. The van der Waals surface area contributed by atoms with E-state index in [1.54, 1.807) is 12.3 Å². The first-order valence-corrected chi connectivity index (χ1v) is 11.3. The molecule has 0 spiro atoms. The fourth-order valence-corrected chi connectivity index (χ4v) is 4.22. The molecule has 3 aromatic rings. The van der Waals surface area contributed by atoms with Crippen molar-refractivity contribution in [2.45, 2.75) is 32.3 Å². The zero-order chi connectivity index (χ0) is 22.6. The Balaban J connectivity index is 1.36. The van der Waals surface area contributed by atoms with Crippen LogP contribution in [0.25, 0.3) is 5.69 Å². The molecule has 1 aromatic heterocycles. The summed E-state index contributed by atoms with van der Waals surface area (Å²) in [5.41, 5.74) is 5.35. The van der Waals surface area contributed by atoms with Gasteiger partial charge in [0.05, 0.1) is 23.2 Å².